The zero-order valence-corrected chi connectivity index (χ0v) is 79.6. The van der Waals surface area contributed by atoms with Gasteiger partial charge in [0.2, 0.25) is 5.92 Å². The number of H-pyrrole nitrogens is 5. The van der Waals surface area contributed by atoms with Crippen LogP contribution in [0, 0.1) is 17.8 Å². The summed E-state index contributed by atoms with van der Waals surface area (Å²) in [6, 6.07) is 18.9. The molecule has 0 bridgehead atoms. The summed E-state index contributed by atoms with van der Waals surface area (Å²) in [7, 11) is 0. The zero-order valence-electron chi connectivity index (χ0n) is 78.1. The molecular formula is C99H120Cl2F2N22O14. The monoisotopic (exact) mass is 1950 g/mol. The summed E-state index contributed by atoms with van der Waals surface area (Å²) in [5.74, 6) is 3.32. The van der Waals surface area contributed by atoms with Gasteiger partial charge in [-0.3, -0.25) is 28.8 Å². The molecular weight excluding hydrogens is 1830 g/mol. The highest BCUT2D eigenvalue weighted by molar-refractivity contribution is 6.34. The molecule has 2 aliphatic carbocycles. The van der Waals surface area contributed by atoms with Crippen LogP contribution in [0.4, 0.5) is 14.6 Å². The van der Waals surface area contributed by atoms with Gasteiger partial charge in [-0.1, -0.05) is 72.8 Å². The first-order valence-corrected chi connectivity index (χ1v) is 50.3. The molecule has 2 aromatic carbocycles. The number of aromatic amines is 5. The van der Waals surface area contributed by atoms with E-state index in [2.05, 4.69) is 74.9 Å². The van der Waals surface area contributed by atoms with E-state index in [1.54, 1.807) is 37.1 Å². The third-order valence-electron chi connectivity index (χ3n) is 28.5. The van der Waals surface area contributed by atoms with Crippen molar-refractivity contribution in [3.05, 3.63) is 199 Å². The normalized spacial score (nSPS) is 20.3. The van der Waals surface area contributed by atoms with E-state index in [-0.39, 0.29) is 88.7 Å². The molecule has 11 aliphatic rings. The topological polar surface area (TPSA) is 426 Å². The maximum absolute atomic E-state index is 13.3. The summed E-state index contributed by atoms with van der Waals surface area (Å²) in [6.07, 6.45) is 34.6. The quantitative estimate of drug-likeness (QED) is 0.0532. The van der Waals surface area contributed by atoms with Gasteiger partial charge in [-0.15, -0.1) is 0 Å². The first-order valence-electron chi connectivity index (χ1n) is 49.5. The smallest absolute Gasteiger partial charge is 0.262 e. The van der Waals surface area contributed by atoms with E-state index in [4.69, 9.17) is 71.1 Å². The van der Waals surface area contributed by atoms with Gasteiger partial charge in [0.25, 0.3) is 27.8 Å². The van der Waals surface area contributed by atoms with Gasteiger partial charge in [-0.2, -0.15) is 25.5 Å². The number of carbonyl (C=O) groups is 1. The van der Waals surface area contributed by atoms with Gasteiger partial charge in [-0.25, -0.2) is 62.1 Å². The number of hydrogen-bond donors (Lipinski definition) is 5. The summed E-state index contributed by atoms with van der Waals surface area (Å²) >= 11 is 12.1. The van der Waals surface area contributed by atoms with Crippen molar-refractivity contribution in [1.29, 1.82) is 0 Å². The van der Waals surface area contributed by atoms with Crippen LogP contribution in [0.25, 0.3) is 55.2 Å². The molecule has 36 nitrogen and oxygen atoms in total. The van der Waals surface area contributed by atoms with Crippen molar-refractivity contribution in [3.63, 3.8) is 0 Å². The van der Waals surface area contributed by atoms with Gasteiger partial charge >= 0.3 is 0 Å². The Hall–Kier alpha value is -11.1. The second-order valence-corrected chi connectivity index (χ2v) is 39.1. The highest BCUT2D eigenvalue weighted by atomic mass is 35.5. The van der Waals surface area contributed by atoms with Crippen LogP contribution in [0.3, 0.4) is 0 Å². The number of aromatic nitrogens is 21. The SMILES string of the molecule is O=C1CC(CC2CCC2)=Nc2c1ccn2C1CCOCC1.O=c1[nH]c(CC2CCC(F)(F)CC2)nc2c1cnn2C1CCOCC1.O=c1[nH]c(CC2CCCO2)nc2c1cnn2C1CCOCC1.O=c1[nH]c(CC2CCOCC2)nc2c1cnn2C1CCOCC1.O=c1[nH]c(Cc2cc(Cl)cc(Cl)c2)nc2c1cnn2C1CCOCC1.O=c1[nH]c(Cc2ccccc2)nc2c1cnn2C1CCOCC1. The molecule has 9 aliphatic heterocycles. The molecule has 0 spiro atoms. The molecule has 0 amide bonds. The lowest BCUT2D eigenvalue weighted by atomic mass is 9.80. The molecule has 13 aromatic rings. The third kappa shape index (κ3) is 23.9. The number of fused-ring (bicyclic) bond motifs is 6. The predicted octanol–water partition coefficient (Wildman–Crippen LogP) is 14.6. The second kappa shape index (κ2) is 45.2. The van der Waals surface area contributed by atoms with Gasteiger partial charge in [0.15, 0.2) is 34.0 Å². The number of aliphatic imine (C=N–C) groups is 1. The van der Waals surface area contributed by atoms with Crippen molar-refractivity contribution in [3.8, 4) is 0 Å². The van der Waals surface area contributed by atoms with Crippen LogP contribution in [-0.4, -0.2) is 226 Å². The minimum Gasteiger partial charge on any atom is -0.381 e. The summed E-state index contributed by atoms with van der Waals surface area (Å²) < 4.78 is 81.7. The number of rotatable bonds is 18. The van der Waals surface area contributed by atoms with Crippen LogP contribution < -0.4 is 27.8 Å². The number of carbonyl (C=O) groups excluding carboxylic acids is 1. The first kappa shape index (κ1) is 96.8. The molecule has 0 radical (unpaired) electrons. The average molecular weight is 1950 g/mol. The Morgan fingerprint density at radius 3 is 1.08 bits per heavy atom. The number of ketones is 1. The fourth-order valence-corrected chi connectivity index (χ4v) is 21.1. The molecule has 24 rings (SSSR count). The van der Waals surface area contributed by atoms with Crippen LogP contribution in [0.5, 0.6) is 0 Å². The summed E-state index contributed by atoms with van der Waals surface area (Å²) in [5.41, 5.74) is 6.47. The van der Waals surface area contributed by atoms with E-state index < -0.39 is 5.92 Å². The lowest BCUT2D eigenvalue weighted by molar-refractivity contribution is -0.0458. The molecule has 20 heterocycles. The summed E-state index contributed by atoms with van der Waals surface area (Å²) in [6.45, 7) is 11.2. The second-order valence-electron chi connectivity index (χ2n) is 38.2. The van der Waals surface area contributed by atoms with Crippen molar-refractivity contribution in [2.24, 2.45) is 22.7 Å². The lowest BCUT2D eigenvalue weighted by Crippen LogP contribution is -2.26. The number of nitrogens with zero attached hydrogens (tertiary/aromatic N) is 17. The molecule has 1 atom stereocenters. The highest BCUT2D eigenvalue weighted by Gasteiger charge is 2.37. The molecule has 40 heteroatoms. The van der Waals surface area contributed by atoms with Crippen LogP contribution in [-0.2, 0) is 70.0 Å². The predicted molar refractivity (Wildman–Crippen MR) is 517 cm³/mol. The van der Waals surface area contributed by atoms with Crippen molar-refractivity contribution in [1.82, 2.24) is 103 Å². The van der Waals surface area contributed by atoms with Crippen molar-refractivity contribution >= 4 is 95.7 Å². The summed E-state index contributed by atoms with van der Waals surface area (Å²) in [5, 5.41) is 25.8. The standard InChI is InChI=1S/C17H16Cl2N4O2.C17H22F2N4O2.C17H18N4O2.C17H22N2O2.C16H22N4O3.C15H20N4O3/c18-11-5-10(6-12(19)8-11)7-15-21-16-14(17(24)22-15)9-20-23(16)13-1-3-25-4-2-13;18-17(19)5-1-11(2-6-17)9-14-21-15-13(16(24)22-14)10-20-23(15)12-3-7-25-8-4-12;22-17-14-11-18-21(13-6-8-23-9-7-13)16(14)19-15(20-17)10-12-4-2-1-3-5-12;20-16-11-13(10-12-2-1-3-12)18-17-15(16)4-7-19(17)14-5-8-21-9-6-14;21-16-13-10-17-20(12-3-7-23-8-4-12)15(13)18-14(19-16)9-11-1-5-22-6-2-11;20-15-12-9-16-19(10-3-6-21-7-4-10)14(12)17-13(18-15)8-11-2-1-5-22-11/h5-6,8-9,13H,1-4,7H2,(H,21,22,24);10-12H,1-9H2,(H,21,22,24);1-5,11,13H,6-10H2,(H,19,20,22);4,7,12,14H,1-3,5-6,8-11H2;10-12H,1-9H2,(H,18,19,21);9-11H,1-8H2,(H,17,18,20). The number of hydrogen-bond acceptors (Lipinski definition) is 25. The minimum absolute atomic E-state index is 0.0792. The zero-order chi connectivity index (χ0) is 95.3. The van der Waals surface area contributed by atoms with E-state index >= 15 is 0 Å². The largest absolute Gasteiger partial charge is 0.381 e. The fraction of sp³-hybridized carbons (Fsp3) is 0.566. The van der Waals surface area contributed by atoms with Crippen LogP contribution in [0.1, 0.15) is 247 Å². The highest BCUT2D eigenvalue weighted by Crippen LogP contribution is 2.40. The Morgan fingerprint density at radius 2 is 0.705 bits per heavy atom. The molecule has 8 saturated heterocycles. The van der Waals surface area contributed by atoms with Crippen molar-refractivity contribution in [2.75, 3.05) is 99.1 Å². The third-order valence-corrected chi connectivity index (χ3v) is 28.9. The van der Waals surface area contributed by atoms with E-state index in [0.29, 0.717) is 172 Å². The number of alkyl halides is 2. The molecule has 11 aromatic heterocycles. The lowest BCUT2D eigenvalue weighted by Gasteiger charge is -2.28. The van der Waals surface area contributed by atoms with E-state index in [1.807, 2.05) is 78.1 Å². The maximum Gasteiger partial charge on any atom is 0.262 e. The average Bonchev–Trinajstić information content (AvgIpc) is 1.67. The molecule has 139 heavy (non-hydrogen) atoms. The minimum atomic E-state index is -2.54. The fourth-order valence-electron chi connectivity index (χ4n) is 20.5. The van der Waals surface area contributed by atoms with Crippen LogP contribution >= 0.6 is 23.2 Å². The van der Waals surface area contributed by atoms with E-state index in [9.17, 15) is 37.5 Å². The Kier molecular flexibility index (Phi) is 31.5. The number of Topliss-reactive ketones (excluding diaryl/α,β-unsaturated/α-hetero) is 1. The van der Waals surface area contributed by atoms with Crippen molar-refractivity contribution < 1.29 is 51.5 Å². The Morgan fingerprint density at radius 1 is 0.360 bits per heavy atom. The molecule has 738 valence electrons. The molecule has 2 saturated carbocycles. The molecule has 1 unspecified atom stereocenters. The first-order chi connectivity index (χ1) is 67.9. The van der Waals surface area contributed by atoms with E-state index in [1.165, 1.54) is 19.3 Å². The van der Waals surface area contributed by atoms with Gasteiger partial charge < -0.3 is 67.4 Å². The Bertz CT molecular complexity index is 6700. The van der Waals surface area contributed by atoms with Gasteiger partial charge in [0.05, 0.1) is 72.9 Å². The van der Waals surface area contributed by atoms with Crippen LogP contribution in [0.15, 0.2) is 121 Å². The number of halogens is 4. The van der Waals surface area contributed by atoms with Gasteiger partial charge in [-0.05, 0) is 175 Å². The van der Waals surface area contributed by atoms with E-state index in [0.717, 1.165) is 228 Å². The maximum atomic E-state index is 13.3. The number of benzene rings is 2. The van der Waals surface area contributed by atoms with Gasteiger partial charge in [0, 0.05) is 178 Å². The number of nitrogens with one attached hydrogen (secondary N) is 5. The summed E-state index contributed by atoms with van der Waals surface area (Å²) in [4.78, 5) is 116. The molecule has 5 N–H and O–H groups in total. The Labute approximate surface area is 808 Å². The Balaban J connectivity index is 0.000000106. The van der Waals surface area contributed by atoms with Gasteiger partial charge in [0.1, 0.15) is 61.9 Å². The van der Waals surface area contributed by atoms with Crippen LogP contribution in [0.2, 0.25) is 10.0 Å². The molecule has 10 fully saturated rings. The van der Waals surface area contributed by atoms with Crippen molar-refractivity contribution in [2.45, 2.75) is 241 Å². The number of ether oxygens (including phenoxy) is 8.